The summed E-state index contributed by atoms with van der Waals surface area (Å²) in [4.78, 5) is 6.67. The first-order valence-corrected chi connectivity index (χ1v) is 7.13. The Morgan fingerprint density at radius 1 is 1.39 bits per heavy atom. The van der Waals surface area contributed by atoms with Gasteiger partial charge in [-0.1, -0.05) is 18.2 Å². The molecule has 0 saturated heterocycles. The Kier molecular flexibility index (Phi) is 3.30. The molecule has 0 aliphatic carbocycles. The predicted octanol–water partition coefficient (Wildman–Crippen LogP) is 2.98. The molecule has 1 aromatic heterocycles. The molecule has 2 heterocycles. The van der Waals surface area contributed by atoms with E-state index in [9.17, 15) is 5.11 Å². The van der Waals surface area contributed by atoms with E-state index in [1.54, 1.807) is 11.3 Å². The highest BCUT2D eigenvalue weighted by atomic mass is 32.1. The number of fused-ring (bicyclic) bond motifs is 1. The molecule has 94 valence electrons. The number of hydrogen-bond donors (Lipinski definition) is 1. The molecule has 1 aromatic carbocycles. The minimum atomic E-state index is -0.331. The van der Waals surface area contributed by atoms with Crippen LogP contribution >= 0.6 is 11.3 Å². The fourth-order valence-electron chi connectivity index (χ4n) is 2.47. The Morgan fingerprint density at radius 3 is 3.11 bits per heavy atom. The molecule has 2 aromatic rings. The fourth-order valence-corrected chi connectivity index (χ4v) is 3.10. The molecule has 1 atom stereocenters. The number of aromatic nitrogens is 1. The second-order valence-corrected chi connectivity index (χ2v) is 5.54. The SMILES string of the molecule is OC1CCCN(Cc2nccs2)c2ccccc21. The van der Waals surface area contributed by atoms with E-state index in [-0.39, 0.29) is 6.10 Å². The van der Waals surface area contributed by atoms with Gasteiger partial charge in [-0.05, 0) is 18.9 Å². The van der Waals surface area contributed by atoms with E-state index in [4.69, 9.17) is 0 Å². The molecule has 0 amide bonds. The molecule has 1 N–H and O–H groups in total. The molecule has 1 unspecified atom stereocenters. The highest BCUT2D eigenvalue weighted by molar-refractivity contribution is 7.09. The summed E-state index contributed by atoms with van der Waals surface area (Å²) >= 11 is 1.68. The highest BCUT2D eigenvalue weighted by Crippen LogP contribution is 2.33. The zero-order valence-electron chi connectivity index (χ0n) is 10.1. The number of aliphatic hydroxyl groups is 1. The molecule has 1 aliphatic heterocycles. The summed E-state index contributed by atoms with van der Waals surface area (Å²) in [6.07, 6.45) is 3.37. The van der Waals surface area contributed by atoms with Crippen molar-refractivity contribution in [2.24, 2.45) is 0 Å². The van der Waals surface area contributed by atoms with Gasteiger partial charge in [0.15, 0.2) is 0 Å². The molecular formula is C14H16N2OS. The average Bonchev–Trinajstić information content (AvgIpc) is 2.85. The molecule has 0 fully saturated rings. The quantitative estimate of drug-likeness (QED) is 0.902. The standard InChI is InChI=1S/C14H16N2OS/c17-13-6-3-8-16(10-14-15-7-9-18-14)12-5-2-1-4-11(12)13/h1-2,4-5,7,9,13,17H,3,6,8,10H2. The Labute approximate surface area is 111 Å². The van der Waals surface area contributed by atoms with Gasteiger partial charge in [0.2, 0.25) is 0 Å². The van der Waals surface area contributed by atoms with Crippen LogP contribution in [0.3, 0.4) is 0 Å². The predicted molar refractivity (Wildman–Crippen MR) is 73.8 cm³/mol. The summed E-state index contributed by atoms with van der Waals surface area (Å²) in [6, 6.07) is 8.15. The van der Waals surface area contributed by atoms with Crippen molar-refractivity contribution in [2.75, 3.05) is 11.4 Å². The lowest BCUT2D eigenvalue weighted by Crippen LogP contribution is -2.23. The number of anilines is 1. The van der Waals surface area contributed by atoms with Gasteiger partial charge in [-0.3, -0.25) is 0 Å². The van der Waals surface area contributed by atoms with Crippen LogP contribution in [0.4, 0.5) is 5.69 Å². The summed E-state index contributed by atoms with van der Waals surface area (Å²) in [5, 5.41) is 13.3. The van der Waals surface area contributed by atoms with Crippen LogP contribution in [-0.4, -0.2) is 16.6 Å². The Morgan fingerprint density at radius 2 is 2.28 bits per heavy atom. The van der Waals surface area contributed by atoms with E-state index in [0.717, 1.165) is 42.2 Å². The van der Waals surface area contributed by atoms with Crippen molar-refractivity contribution in [2.45, 2.75) is 25.5 Å². The first-order chi connectivity index (χ1) is 8.84. The van der Waals surface area contributed by atoms with Gasteiger partial charge in [0.25, 0.3) is 0 Å². The minimum Gasteiger partial charge on any atom is -0.388 e. The van der Waals surface area contributed by atoms with Crippen molar-refractivity contribution in [1.82, 2.24) is 4.98 Å². The van der Waals surface area contributed by atoms with Gasteiger partial charge in [-0.15, -0.1) is 11.3 Å². The molecule has 0 radical (unpaired) electrons. The minimum absolute atomic E-state index is 0.331. The van der Waals surface area contributed by atoms with Crippen molar-refractivity contribution in [3.63, 3.8) is 0 Å². The molecule has 18 heavy (non-hydrogen) atoms. The third kappa shape index (κ3) is 2.26. The van der Waals surface area contributed by atoms with E-state index >= 15 is 0 Å². The molecule has 3 rings (SSSR count). The Bertz CT molecular complexity index is 512. The normalized spacial score (nSPS) is 19.4. The Balaban J connectivity index is 1.92. The number of hydrogen-bond acceptors (Lipinski definition) is 4. The maximum absolute atomic E-state index is 10.1. The maximum Gasteiger partial charge on any atom is 0.112 e. The molecule has 1 aliphatic rings. The number of rotatable bonds is 2. The molecule has 3 nitrogen and oxygen atoms in total. The molecule has 0 spiro atoms. The number of benzene rings is 1. The molecular weight excluding hydrogens is 244 g/mol. The largest absolute Gasteiger partial charge is 0.388 e. The lowest BCUT2D eigenvalue weighted by molar-refractivity contribution is 0.168. The second-order valence-electron chi connectivity index (χ2n) is 4.56. The smallest absolute Gasteiger partial charge is 0.112 e. The number of nitrogens with zero attached hydrogens (tertiary/aromatic N) is 2. The summed E-state index contributed by atoms with van der Waals surface area (Å²) in [6.45, 7) is 1.81. The van der Waals surface area contributed by atoms with Gasteiger partial charge in [-0.25, -0.2) is 4.98 Å². The van der Waals surface area contributed by atoms with E-state index in [2.05, 4.69) is 16.0 Å². The van der Waals surface area contributed by atoms with Crippen molar-refractivity contribution in [1.29, 1.82) is 0 Å². The van der Waals surface area contributed by atoms with Crippen LogP contribution in [0.5, 0.6) is 0 Å². The fraction of sp³-hybridized carbons (Fsp3) is 0.357. The zero-order chi connectivity index (χ0) is 12.4. The van der Waals surface area contributed by atoms with Crippen molar-refractivity contribution < 1.29 is 5.11 Å². The monoisotopic (exact) mass is 260 g/mol. The van der Waals surface area contributed by atoms with Crippen LogP contribution in [0.15, 0.2) is 35.8 Å². The topological polar surface area (TPSA) is 36.4 Å². The first-order valence-electron chi connectivity index (χ1n) is 6.25. The summed E-state index contributed by atoms with van der Waals surface area (Å²) in [5.74, 6) is 0. The van der Waals surface area contributed by atoms with Gasteiger partial charge < -0.3 is 10.0 Å². The number of thiazole rings is 1. The van der Waals surface area contributed by atoms with E-state index in [1.165, 1.54) is 0 Å². The Hall–Kier alpha value is -1.39. The van der Waals surface area contributed by atoms with Crippen molar-refractivity contribution in [3.05, 3.63) is 46.4 Å². The molecule has 4 heteroatoms. The maximum atomic E-state index is 10.1. The van der Waals surface area contributed by atoms with Crippen LogP contribution in [0.2, 0.25) is 0 Å². The van der Waals surface area contributed by atoms with E-state index in [1.807, 2.05) is 29.8 Å². The van der Waals surface area contributed by atoms with Crippen LogP contribution in [-0.2, 0) is 6.54 Å². The molecule has 0 saturated carbocycles. The van der Waals surface area contributed by atoms with Crippen LogP contribution in [0.25, 0.3) is 0 Å². The zero-order valence-corrected chi connectivity index (χ0v) is 10.9. The van der Waals surface area contributed by atoms with Gasteiger partial charge >= 0.3 is 0 Å². The van der Waals surface area contributed by atoms with Crippen molar-refractivity contribution >= 4 is 17.0 Å². The lowest BCUT2D eigenvalue weighted by Gasteiger charge is -2.24. The summed E-state index contributed by atoms with van der Waals surface area (Å²) < 4.78 is 0. The third-order valence-corrected chi connectivity index (χ3v) is 4.12. The first kappa shape index (κ1) is 11.7. The van der Waals surface area contributed by atoms with Crippen LogP contribution < -0.4 is 4.90 Å². The van der Waals surface area contributed by atoms with Crippen molar-refractivity contribution in [3.8, 4) is 0 Å². The third-order valence-electron chi connectivity index (χ3n) is 3.35. The van der Waals surface area contributed by atoms with Crippen LogP contribution in [0, 0.1) is 0 Å². The van der Waals surface area contributed by atoms with E-state index < -0.39 is 0 Å². The summed E-state index contributed by atoms with van der Waals surface area (Å²) in [5.41, 5.74) is 2.20. The van der Waals surface area contributed by atoms with Gasteiger partial charge in [0, 0.05) is 29.4 Å². The molecule has 0 bridgehead atoms. The lowest BCUT2D eigenvalue weighted by atomic mass is 10.0. The van der Waals surface area contributed by atoms with Crippen LogP contribution in [0.1, 0.15) is 29.5 Å². The van der Waals surface area contributed by atoms with Gasteiger partial charge in [0.1, 0.15) is 5.01 Å². The van der Waals surface area contributed by atoms with Gasteiger partial charge in [-0.2, -0.15) is 0 Å². The van der Waals surface area contributed by atoms with Gasteiger partial charge in [0.05, 0.1) is 12.6 Å². The number of aliphatic hydroxyl groups excluding tert-OH is 1. The second kappa shape index (κ2) is 5.08. The highest BCUT2D eigenvalue weighted by Gasteiger charge is 2.21. The summed E-state index contributed by atoms with van der Waals surface area (Å²) in [7, 11) is 0. The van der Waals surface area contributed by atoms with E-state index in [0.29, 0.717) is 0 Å². The number of para-hydroxylation sites is 1. The average molecular weight is 260 g/mol.